The van der Waals surface area contributed by atoms with E-state index in [0.717, 1.165) is 19.3 Å². The first-order valence-corrected chi connectivity index (χ1v) is 6.66. The molecule has 0 aromatic carbocycles. The van der Waals surface area contributed by atoms with Crippen molar-refractivity contribution in [2.24, 2.45) is 0 Å². The standard InChI is InChI=1S/C11H20BrNO3/c1-10(2,3)16-9(15)13-11(5-4-6-11)8(14)7-12/h8,14H,4-7H2,1-3H3,(H,13,15). The number of carbonyl (C=O) groups excluding carboxylic acids is 1. The summed E-state index contributed by atoms with van der Waals surface area (Å²) in [5.74, 6) is 0. The van der Waals surface area contributed by atoms with Crippen LogP contribution in [-0.2, 0) is 4.74 Å². The minimum atomic E-state index is -0.561. The second-order valence-electron chi connectivity index (χ2n) is 5.31. The van der Waals surface area contributed by atoms with Gasteiger partial charge in [0.1, 0.15) is 5.60 Å². The summed E-state index contributed by atoms with van der Waals surface area (Å²) in [6.45, 7) is 5.46. The second-order valence-corrected chi connectivity index (χ2v) is 5.95. The maximum atomic E-state index is 11.6. The molecule has 1 fully saturated rings. The van der Waals surface area contributed by atoms with Gasteiger partial charge in [0.25, 0.3) is 0 Å². The fraction of sp³-hybridized carbons (Fsp3) is 0.909. The van der Waals surface area contributed by atoms with E-state index < -0.39 is 23.3 Å². The van der Waals surface area contributed by atoms with Gasteiger partial charge in [-0.1, -0.05) is 15.9 Å². The Hall–Kier alpha value is -0.290. The minimum Gasteiger partial charge on any atom is -0.444 e. The van der Waals surface area contributed by atoms with Crippen molar-refractivity contribution in [1.29, 1.82) is 0 Å². The van der Waals surface area contributed by atoms with Gasteiger partial charge in [-0.3, -0.25) is 0 Å². The number of alkyl carbamates (subject to hydrolysis) is 1. The summed E-state index contributed by atoms with van der Waals surface area (Å²) in [4.78, 5) is 11.6. The van der Waals surface area contributed by atoms with E-state index in [1.165, 1.54) is 0 Å². The number of hydrogen-bond acceptors (Lipinski definition) is 3. The maximum absolute atomic E-state index is 11.6. The van der Waals surface area contributed by atoms with Gasteiger partial charge < -0.3 is 15.2 Å². The highest BCUT2D eigenvalue weighted by Crippen LogP contribution is 2.35. The van der Waals surface area contributed by atoms with Crippen molar-refractivity contribution in [2.45, 2.75) is 57.3 Å². The fourth-order valence-corrected chi connectivity index (χ4v) is 2.37. The molecule has 1 unspecified atom stereocenters. The van der Waals surface area contributed by atoms with E-state index in [0.29, 0.717) is 5.33 Å². The predicted octanol–water partition coefficient (Wildman–Crippen LogP) is 2.19. The molecular formula is C11H20BrNO3. The molecule has 1 amide bonds. The molecule has 0 radical (unpaired) electrons. The molecule has 0 spiro atoms. The molecule has 5 heteroatoms. The number of alkyl halides is 1. The van der Waals surface area contributed by atoms with E-state index in [-0.39, 0.29) is 0 Å². The summed E-state index contributed by atoms with van der Waals surface area (Å²) in [6.07, 6.45) is 1.62. The van der Waals surface area contributed by atoms with E-state index in [1.807, 2.05) is 20.8 Å². The molecule has 0 aliphatic heterocycles. The summed E-state index contributed by atoms with van der Waals surface area (Å²) in [5.41, 5.74) is -1.000. The molecule has 2 N–H and O–H groups in total. The van der Waals surface area contributed by atoms with E-state index >= 15 is 0 Å². The third-order valence-corrected chi connectivity index (χ3v) is 3.39. The van der Waals surface area contributed by atoms with Crippen molar-refractivity contribution < 1.29 is 14.6 Å². The van der Waals surface area contributed by atoms with Crippen molar-refractivity contribution >= 4 is 22.0 Å². The third kappa shape index (κ3) is 3.35. The molecule has 0 bridgehead atoms. The van der Waals surface area contributed by atoms with Gasteiger partial charge in [0.2, 0.25) is 0 Å². The Labute approximate surface area is 105 Å². The first-order valence-electron chi connectivity index (χ1n) is 5.54. The zero-order valence-electron chi connectivity index (χ0n) is 10.0. The van der Waals surface area contributed by atoms with Gasteiger partial charge in [-0.25, -0.2) is 4.79 Å². The van der Waals surface area contributed by atoms with Gasteiger partial charge >= 0.3 is 6.09 Å². The Morgan fingerprint density at radius 3 is 2.44 bits per heavy atom. The van der Waals surface area contributed by atoms with Gasteiger partial charge in [0.15, 0.2) is 0 Å². The van der Waals surface area contributed by atoms with Crippen LogP contribution in [-0.4, -0.2) is 33.8 Å². The first-order chi connectivity index (χ1) is 7.29. The Balaban J connectivity index is 2.54. The van der Waals surface area contributed by atoms with Crippen LogP contribution < -0.4 is 5.32 Å². The molecule has 0 aromatic rings. The number of carbonyl (C=O) groups is 1. The normalized spacial score (nSPS) is 20.8. The molecule has 0 saturated heterocycles. The van der Waals surface area contributed by atoms with Gasteiger partial charge in [-0.05, 0) is 40.0 Å². The Kier molecular flexibility index (Phi) is 4.23. The number of aliphatic hydroxyl groups excluding tert-OH is 1. The summed E-state index contributed by atoms with van der Waals surface area (Å²) in [7, 11) is 0. The fourth-order valence-electron chi connectivity index (χ4n) is 1.75. The van der Waals surface area contributed by atoms with E-state index in [1.54, 1.807) is 0 Å². The molecule has 16 heavy (non-hydrogen) atoms. The summed E-state index contributed by atoms with van der Waals surface area (Å²) in [5, 5.41) is 13.1. The number of amides is 1. The summed E-state index contributed by atoms with van der Waals surface area (Å²) >= 11 is 3.23. The SMILES string of the molecule is CC(C)(C)OC(=O)NC1(C(O)CBr)CCC1. The van der Waals surface area contributed by atoms with Crippen molar-refractivity contribution in [3.63, 3.8) is 0 Å². The molecule has 0 aromatic heterocycles. The highest BCUT2D eigenvalue weighted by molar-refractivity contribution is 9.09. The lowest BCUT2D eigenvalue weighted by Gasteiger charge is -2.45. The predicted molar refractivity (Wildman–Crippen MR) is 65.8 cm³/mol. The van der Waals surface area contributed by atoms with Crippen LogP contribution in [0, 0.1) is 0 Å². The van der Waals surface area contributed by atoms with Crippen LogP contribution in [0.3, 0.4) is 0 Å². The van der Waals surface area contributed by atoms with Gasteiger partial charge in [0, 0.05) is 5.33 Å². The summed E-state index contributed by atoms with van der Waals surface area (Å²) in [6, 6.07) is 0. The highest BCUT2D eigenvalue weighted by Gasteiger charge is 2.45. The molecule has 94 valence electrons. The summed E-state index contributed by atoms with van der Waals surface area (Å²) < 4.78 is 5.19. The molecule has 1 rings (SSSR count). The zero-order chi connectivity index (χ0) is 12.4. The lowest BCUT2D eigenvalue weighted by molar-refractivity contribution is 0.000678. The lowest BCUT2D eigenvalue weighted by Crippen LogP contribution is -2.62. The maximum Gasteiger partial charge on any atom is 0.408 e. The van der Waals surface area contributed by atoms with Gasteiger partial charge in [-0.15, -0.1) is 0 Å². The van der Waals surface area contributed by atoms with Crippen molar-refractivity contribution in [3.8, 4) is 0 Å². The van der Waals surface area contributed by atoms with Gasteiger partial charge in [-0.2, -0.15) is 0 Å². The van der Waals surface area contributed by atoms with Crippen molar-refractivity contribution in [3.05, 3.63) is 0 Å². The molecule has 1 saturated carbocycles. The van der Waals surface area contributed by atoms with Gasteiger partial charge in [0.05, 0.1) is 11.6 Å². The van der Waals surface area contributed by atoms with Crippen LogP contribution in [0.15, 0.2) is 0 Å². The lowest BCUT2D eigenvalue weighted by atomic mass is 9.73. The number of rotatable bonds is 3. The quantitative estimate of drug-likeness (QED) is 0.784. The van der Waals surface area contributed by atoms with E-state index in [2.05, 4.69) is 21.2 Å². The van der Waals surface area contributed by atoms with Crippen molar-refractivity contribution in [1.82, 2.24) is 5.32 Å². The van der Waals surface area contributed by atoms with E-state index in [9.17, 15) is 9.90 Å². The van der Waals surface area contributed by atoms with Crippen LogP contribution in [0.4, 0.5) is 4.79 Å². The van der Waals surface area contributed by atoms with Crippen LogP contribution in [0.5, 0.6) is 0 Å². The average Bonchev–Trinajstić information content (AvgIpc) is 2.07. The van der Waals surface area contributed by atoms with Crippen LogP contribution in [0.2, 0.25) is 0 Å². The number of aliphatic hydroxyl groups is 1. The Morgan fingerprint density at radius 1 is 1.56 bits per heavy atom. The largest absolute Gasteiger partial charge is 0.444 e. The second kappa shape index (κ2) is 4.92. The van der Waals surface area contributed by atoms with Crippen LogP contribution >= 0.6 is 15.9 Å². The number of nitrogens with one attached hydrogen (secondary N) is 1. The average molecular weight is 294 g/mol. The molecular weight excluding hydrogens is 274 g/mol. The number of hydrogen-bond donors (Lipinski definition) is 2. The Bertz CT molecular complexity index is 258. The third-order valence-electron chi connectivity index (χ3n) is 2.78. The Morgan fingerprint density at radius 2 is 2.12 bits per heavy atom. The topological polar surface area (TPSA) is 58.6 Å². The van der Waals surface area contributed by atoms with Crippen LogP contribution in [0.1, 0.15) is 40.0 Å². The monoisotopic (exact) mass is 293 g/mol. The highest BCUT2D eigenvalue weighted by atomic mass is 79.9. The minimum absolute atomic E-state index is 0.452. The number of ether oxygens (including phenoxy) is 1. The molecule has 1 atom stereocenters. The molecule has 1 aliphatic rings. The first kappa shape index (κ1) is 13.8. The van der Waals surface area contributed by atoms with E-state index in [4.69, 9.17) is 4.74 Å². The zero-order valence-corrected chi connectivity index (χ0v) is 11.6. The number of halogens is 1. The molecule has 1 aliphatic carbocycles. The molecule has 4 nitrogen and oxygen atoms in total. The smallest absolute Gasteiger partial charge is 0.408 e. The van der Waals surface area contributed by atoms with Crippen LogP contribution in [0.25, 0.3) is 0 Å². The van der Waals surface area contributed by atoms with Crippen molar-refractivity contribution in [2.75, 3.05) is 5.33 Å². The molecule has 0 heterocycles.